The second-order valence-corrected chi connectivity index (χ2v) is 6.73. The van der Waals surface area contributed by atoms with E-state index in [0.29, 0.717) is 23.5 Å². The summed E-state index contributed by atoms with van der Waals surface area (Å²) in [5, 5.41) is -1.07. The summed E-state index contributed by atoms with van der Waals surface area (Å²) >= 11 is 0.847. The summed E-state index contributed by atoms with van der Waals surface area (Å²) in [4.78, 5) is 44.9. The van der Waals surface area contributed by atoms with Crippen LogP contribution < -0.4 is 11.5 Å². The number of halogens is 3. The molecule has 0 saturated carbocycles. The van der Waals surface area contributed by atoms with Gasteiger partial charge in [0.1, 0.15) is 0 Å². The Kier molecular flexibility index (Phi) is 8.74. The second-order valence-electron chi connectivity index (χ2n) is 4.24. The molecule has 0 aromatic heterocycles. The number of carbonyl (C=O) groups is 4. The number of rotatable bonds is 7. The smallest absolute Gasteiger partial charge is 0.445 e. The van der Waals surface area contributed by atoms with Crippen LogP contribution in [0.3, 0.4) is 0 Å². The highest BCUT2D eigenvalue weighted by atomic mass is 32.2. The normalized spacial score (nSPS) is 15.1. The number of carbonyl (C=O) groups excluding carboxylic acids is 4. The van der Waals surface area contributed by atoms with Crippen molar-refractivity contribution in [1.82, 2.24) is 0 Å². The second kappa shape index (κ2) is 9.25. The van der Waals surface area contributed by atoms with Gasteiger partial charge < -0.3 is 15.2 Å². The van der Waals surface area contributed by atoms with Crippen LogP contribution >= 0.6 is 23.5 Å². The summed E-state index contributed by atoms with van der Waals surface area (Å²) in [5.74, 6) is -5.11. The van der Waals surface area contributed by atoms with Crippen molar-refractivity contribution in [1.29, 1.82) is 0 Å². The Morgan fingerprint density at radius 1 is 1.08 bits per heavy atom. The van der Waals surface area contributed by atoms with Crippen molar-refractivity contribution in [3.8, 4) is 0 Å². The number of alkyl halides is 3. The van der Waals surface area contributed by atoms with Crippen LogP contribution in [0, 0.1) is 0 Å². The van der Waals surface area contributed by atoms with E-state index in [0.717, 1.165) is 13.8 Å². The number of nitrogens with two attached hydrogens (primary N) is 2. The fourth-order valence-corrected chi connectivity index (χ4v) is 2.28. The number of hydrogen-bond acceptors (Lipinski definition) is 10. The highest BCUT2D eigenvalue weighted by Gasteiger charge is 2.50. The van der Waals surface area contributed by atoms with Crippen LogP contribution in [0.1, 0.15) is 13.8 Å². The number of esters is 2. The predicted octanol–water partition coefficient (Wildman–Crippen LogP) is 0.134. The van der Waals surface area contributed by atoms with Gasteiger partial charge in [-0.25, -0.2) is 9.59 Å². The van der Waals surface area contributed by atoms with E-state index in [2.05, 4.69) is 4.74 Å². The minimum Gasteiger partial charge on any atom is -0.445 e. The highest BCUT2D eigenvalue weighted by molar-refractivity contribution is 8.14. The molecule has 0 spiro atoms. The van der Waals surface area contributed by atoms with E-state index in [9.17, 15) is 32.3 Å². The Balaban J connectivity index is 5.28. The molecule has 138 valence electrons. The van der Waals surface area contributed by atoms with Crippen molar-refractivity contribution >= 4 is 45.7 Å². The third-order valence-corrected chi connectivity index (χ3v) is 3.93. The predicted molar refractivity (Wildman–Crippen MR) is 79.4 cm³/mol. The van der Waals surface area contributed by atoms with Crippen LogP contribution in [-0.4, -0.2) is 51.8 Å². The summed E-state index contributed by atoms with van der Waals surface area (Å²) in [6, 6.07) is 0. The van der Waals surface area contributed by atoms with Crippen LogP contribution in [0.5, 0.6) is 0 Å². The molecule has 2 atom stereocenters. The maximum Gasteiger partial charge on any atom is 0.491 e. The SMILES string of the molecule is CC(=O)SC[C@@](N)(OC(=O)C(F)(F)F)C(=O)OC(CN)SC(C)=O. The van der Waals surface area contributed by atoms with E-state index in [4.69, 9.17) is 16.2 Å². The standard InChI is InChI=1S/C11H15F3N2O6S2/c1-5(17)23-4-10(16,22-9(20)11(12,13)14)8(19)21-7(3-15)24-6(2)18/h7H,3-4,15-16H2,1-2H3/t7?,10-/m1/s1. The largest absolute Gasteiger partial charge is 0.491 e. The Bertz CT molecular complexity index is 516. The highest BCUT2D eigenvalue weighted by Crippen LogP contribution is 2.24. The summed E-state index contributed by atoms with van der Waals surface area (Å²) in [6.45, 7) is 1.86. The van der Waals surface area contributed by atoms with E-state index in [1.165, 1.54) is 0 Å². The van der Waals surface area contributed by atoms with Gasteiger partial charge in [0.15, 0.2) is 15.7 Å². The minimum absolute atomic E-state index is 0.348. The van der Waals surface area contributed by atoms with E-state index < -0.39 is 45.3 Å². The maximum absolute atomic E-state index is 12.3. The van der Waals surface area contributed by atoms with Crippen LogP contribution in [0.25, 0.3) is 0 Å². The average Bonchev–Trinajstić information content (AvgIpc) is 2.42. The average molecular weight is 392 g/mol. The van der Waals surface area contributed by atoms with Gasteiger partial charge in [-0.15, -0.1) is 0 Å². The van der Waals surface area contributed by atoms with E-state index in [1.54, 1.807) is 0 Å². The molecule has 0 aliphatic rings. The van der Waals surface area contributed by atoms with Crippen LogP contribution in [0.2, 0.25) is 0 Å². The van der Waals surface area contributed by atoms with Gasteiger partial charge in [-0.1, -0.05) is 11.8 Å². The molecule has 1 unspecified atom stereocenters. The zero-order chi connectivity index (χ0) is 19.1. The van der Waals surface area contributed by atoms with Crippen molar-refractivity contribution in [3.63, 3.8) is 0 Å². The van der Waals surface area contributed by atoms with Gasteiger partial charge >= 0.3 is 18.1 Å². The summed E-state index contributed by atoms with van der Waals surface area (Å²) in [5.41, 5.74) is 6.54. The molecule has 0 aromatic rings. The lowest BCUT2D eigenvalue weighted by Crippen LogP contribution is -2.57. The lowest BCUT2D eigenvalue weighted by molar-refractivity contribution is -0.216. The van der Waals surface area contributed by atoms with E-state index in [-0.39, 0.29) is 6.54 Å². The van der Waals surface area contributed by atoms with Crippen molar-refractivity contribution < 1.29 is 41.8 Å². The van der Waals surface area contributed by atoms with Gasteiger partial charge in [-0.3, -0.25) is 15.3 Å². The lowest BCUT2D eigenvalue weighted by atomic mass is 10.3. The van der Waals surface area contributed by atoms with E-state index >= 15 is 0 Å². The van der Waals surface area contributed by atoms with Gasteiger partial charge in [-0.2, -0.15) is 13.2 Å². The fraction of sp³-hybridized carbons (Fsp3) is 0.636. The first-order chi connectivity index (χ1) is 10.8. The number of ether oxygens (including phenoxy) is 2. The molecular formula is C11H15F3N2O6S2. The van der Waals surface area contributed by atoms with Crippen molar-refractivity contribution in [2.24, 2.45) is 11.5 Å². The minimum atomic E-state index is -5.41. The molecule has 0 fully saturated rings. The maximum atomic E-state index is 12.3. The lowest BCUT2D eigenvalue weighted by Gasteiger charge is -2.28. The third kappa shape index (κ3) is 7.99. The first-order valence-corrected chi connectivity index (χ1v) is 7.99. The summed E-state index contributed by atoms with van der Waals surface area (Å²) < 4.78 is 45.7. The molecule has 0 bridgehead atoms. The topological polar surface area (TPSA) is 139 Å². The third-order valence-electron chi connectivity index (χ3n) is 2.07. The van der Waals surface area contributed by atoms with Crippen LogP contribution in [0.4, 0.5) is 13.2 Å². The van der Waals surface area contributed by atoms with Gasteiger partial charge in [0.2, 0.25) is 0 Å². The molecule has 0 heterocycles. The summed E-state index contributed by atoms with van der Waals surface area (Å²) in [7, 11) is 0. The van der Waals surface area contributed by atoms with Gasteiger partial charge in [0.05, 0.1) is 5.75 Å². The Hall–Kier alpha value is -1.31. The van der Waals surface area contributed by atoms with Crippen LogP contribution in [0.15, 0.2) is 0 Å². The fourth-order valence-electron chi connectivity index (χ4n) is 1.09. The zero-order valence-corrected chi connectivity index (χ0v) is 14.2. The molecular weight excluding hydrogens is 377 g/mol. The zero-order valence-electron chi connectivity index (χ0n) is 12.5. The van der Waals surface area contributed by atoms with Crippen molar-refractivity contribution in [3.05, 3.63) is 0 Å². The molecule has 24 heavy (non-hydrogen) atoms. The molecule has 4 N–H and O–H groups in total. The Labute approximate surface area is 143 Å². The molecule has 0 saturated heterocycles. The monoisotopic (exact) mass is 392 g/mol. The Morgan fingerprint density at radius 3 is 2.00 bits per heavy atom. The van der Waals surface area contributed by atoms with Crippen molar-refractivity contribution in [2.45, 2.75) is 31.2 Å². The molecule has 0 rings (SSSR count). The molecule has 0 aliphatic heterocycles. The molecule has 0 radical (unpaired) electrons. The summed E-state index contributed by atoms with van der Waals surface area (Å²) in [6.07, 6.45) is -5.41. The van der Waals surface area contributed by atoms with Crippen molar-refractivity contribution in [2.75, 3.05) is 12.3 Å². The Morgan fingerprint density at radius 2 is 1.62 bits per heavy atom. The number of hydrogen-bond donors (Lipinski definition) is 2. The van der Waals surface area contributed by atoms with Gasteiger partial charge in [0, 0.05) is 20.4 Å². The van der Waals surface area contributed by atoms with Gasteiger partial charge in [0.25, 0.3) is 5.72 Å². The van der Waals surface area contributed by atoms with Crippen LogP contribution in [-0.2, 0) is 28.7 Å². The van der Waals surface area contributed by atoms with E-state index in [1.807, 2.05) is 0 Å². The first-order valence-electron chi connectivity index (χ1n) is 6.12. The van der Waals surface area contributed by atoms with Gasteiger partial charge in [-0.05, 0) is 11.8 Å². The quantitative estimate of drug-likeness (QED) is 0.454. The molecule has 13 heteroatoms. The number of thioether (sulfide) groups is 2. The molecule has 0 aliphatic carbocycles. The first kappa shape index (κ1) is 22.7. The molecule has 0 aromatic carbocycles. The molecule has 0 amide bonds. The molecule has 8 nitrogen and oxygen atoms in total.